The summed E-state index contributed by atoms with van der Waals surface area (Å²) >= 11 is 0. The lowest BCUT2D eigenvalue weighted by atomic mass is 9.91. The first-order chi connectivity index (χ1) is 6.70. The third kappa shape index (κ3) is 1.61. The van der Waals surface area contributed by atoms with Crippen molar-refractivity contribution in [1.82, 2.24) is 0 Å². The number of hydrogen-bond donors (Lipinski definition) is 0. The van der Waals surface area contributed by atoms with E-state index in [-0.39, 0.29) is 29.9 Å². The molecule has 1 aliphatic heterocycles. The molecule has 0 aromatic carbocycles. The summed E-state index contributed by atoms with van der Waals surface area (Å²) in [6.45, 7) is 0. The fourth-order valence-electron chi connectivity index (χ4n) is 2.51. The topological polar surface area (TPSA) is 52.6 Å². The van der Waals surface area contributed by atoms with Crippen molar-refractivity contribution in [2.75, 3.05) is 7.11 Å². The molecule has 0 N–H and O–H groups in total. The molecule has 3 atom stereocenters. The zero-order valence-electron chi connectivity index (χ0n) is 8.19. The van der Waals surface area contributed by atoms with Gasteiger partial charge in [0.1, 0.15) is 6.10 Å². The van der Waals surface area contributed by atoms with E-state index in [1.165, 1.54) is 7.11 Å². The number of carbonyl (C=O) groups excluding carboxylic acids is 2. The van der Waals surface area contributed by atoms with Gasteiger partial charge in [-0.2, -0.15) is 0 Å². The summed E-state index contributed by atoms with van der Waals surface area (Å²) in [6.07, 6.45) is 2.84. The quantitative estimate of drug-likeness (QED) is 0.618. The molecular formula is C10H14O4. The van der Waals surface area contributed by atoms with Crippen molar-refractivity contribution in [3.63, 3.8) is 0 Å². The van der Waals surface area contributed by atoms with Gasteiger partial charge >= 0.3 is 11.9 Å². The Morgan fingerprint density at radius 1 is 1.57 bits per heavy atom. The van der Waals surface area contributed by atoms with Gasteiger partial charge in [-0.3, -0.25) is 9.59 Å². The van der Waals surface area contributed by atoms with E-state index in [2.05, 4.69) is 4.74 Å². The first-order valence-corrected chi connectivity index (χ1v) is 4.97. The molecule has 2 fully saturated rings. The molecule has 0 spiro atoms. The van der Waals surface area contributed by atoms with Crippen molar-refractivity contribution >= 4 is 11.9 Å². The van der Waals surface area contributed by atoms with E-state index in [1.54, 1.807) is 0 Å². The molecule has 4 nitrogen and oxygen atoms in total. The Bertz CT molecular complexity index is 261. The van der Waals surface area contributed by atoms with E-state index in [9.17, 15) is 9.59 Å². The molecule has 0 bridgehead atoms. The first-order valence-electron chi connectivity index (χ1n) is 4.97. The van der Waals surface area contributed by atoms with Crippen LogP contribution in [0.1, 0.15) is 25.7 Å². The molecule has 2 aliphatic rings. The maximum absolute atomic E-state index is 11.1. The largest absolute Gasteiger partial charge is 0.469 e. The molecule has 14 heavy (non-hydrogen) atoms. The maximum Gasteiger partial charge on any atom is 0.306 e. The van der Waals surface area contributed by atoms with E-state index in [4.69, 9.17) is 4.74 Å². The van der Waals surface area contributed by atoms with Crippen molar-refractivity contribution in [1.29, 1.82) is 0 Å². The van der Waals surface area contributed by atoms with Gasteiger partial charge in [-0.05, 0) is 18.8 Å². The fraction of sp³-hybridized carbons (Fsp3) is 0.800. The molecule has 78 valence electrons. The van der Waals surface area contributed by atoms with Crippen LogP contribution in [0.25, 0.3) is 0 Å². The number of ether oxygens (including phenoxy) is 2. The molecule has 1 aliphatic carbocycles. The minimum atomic E-state index is -0.185. The van der Waals surface area contributed by atoms with Crippen LogP contribution in [0.15, 0.2) is 0 Å². The second-order valence-electron chi connectivity index (χ2n) is 4.01. The lowest BCUT2D eigenvalue weighted by Gasteiger charge is -2.13. The molecule has 0 aromatic rings. The molecular weight excluding hydrogens is 184 g/mol. The summed E-state index contributed by atoms with van der Waals surface area (Å²) in [5.41, 5.74) is 0. The van der Waals surface area contributed by atoms with E-state index >= 15 is 0 Å². The van der Waals surface area contributed by atoms with Crippen LogP contribution < -0.4 is 0 Å². The molecule has 0 radical (unpaired) electrons. The van der Waals surface area contributed by atoms with Gasteiger partial charge in [-0.25, -0.2) is 0 Å². The normalized spacial score (nSPS) is 35.2. The molecule has 0 unspecified atom stereocenters. The van der Waals surface area contributed by atoms with Crippen molar-refractivity contribution < 1.29 is 19.1 Å². The second kappa shape index (κ2) is 3.59. The SMILES string of the molecule is COC(=O)C[C@@H]1CC[C@@H]2OC(=O)C[C@H]12. The third-order valence-electron chi connectivity index (χ3n) is 3.25. The fourth-order valence-corrected chi connectivity index (χ4v) is 2.51. The number of hydrogen-bond acceptors (Lipinski definition) is 4. The van der Waals surface area contributed by atoms with Crippen LogP contribution in [0.4, 0.5) is 0 Å². The van der Waals surface area contributed by atoms with Gasteiger partial charge in [0.2, 0.25) is 0 Å². The highest BCUT2D eigenvalue weighted by atomic mass is 16.6. The van der Waals surface area contributed by atoms with Crippen molar-refractivity contribution in [2.24, 2.45) is 11.8 Å². The Morgan fingerprint density at radius 3 is 3.07 bits per heavy atom. The molecule has 1 saturated heterocycles. The summed E-state index contributed by atoms with van der Waals surface area (Å²) in [7, 11) is 1.39. The van der Waals surface area contributed by atoms with Gasteiger partial charge in [0, 0.05) is 12.3 Å². The number of methoxy groups -OCH3 is 1. The predicted molar refractivity (Wildman–Crippen MR) is 47.3 cm³/mol. The zero-order chi connectivity index (χ0) is 10.1. The molecule has 4 heteroatoms. The van der Waals surface area contributed by atoms with Gasteiger partial charge in [0.25, 0.3) is 0 Å². The number of rotatable bonds is 2. The Balaban J connectivity index is 1.95. The summed E-state index contributed by atoms with van der Waals surface area (Å²) in [6, 6.07) is 0. The third-order valence-corrected chi connectivity index (χ3v) is 3.25. The van der Waals surface area contributed by atoms with Crippen molar-refractivity contribution in [3.05, 3.63) is 0 Å². The molecule has 0 amide bonds. The minimum Gasteiger partial charge on any atom is -0.469 e. The maximum atomic E-state index is 11.1. The number of fused-ring (bicyclic) bond motifs is 1. The monoisotopic (exact) mass is 198 g/mol. The second-order valence-corrected chi connectivity index (χ2v) is 4.01. The average Bonchev–Trinajstić information content (AvgIpc) is 2.67. The highest BCUT2D eigenvalue weighted by Gasteiger charge is 2.45. The van der Waals surface area contributed by atoms with Crippen LogP contribution in [0.5, 0.6) is 0 Å². The lowest BCUT2D eigenvalue weighted by molar-refractivity contribution is -0.142. The number of carbonyl (C=O) groups is 2. The van der Waals surface area contributed by atoms with Gasteiger partial charge in [0.15, 0.2) is 0 Å². The molecule has 1 saturated carbocycles. The van der Waals surface area contributed by atoms with Crippen molar-refractivity contribution in [3.8, 4) is 0 Å². The first kappa shape index (κ1) is 9.49. The summed E-state index contributed by atoms with van der Waals surface area (Å²) in [4.78, 5) is 22.1. The van der Waals surface area contributed by atoms with E-state index in [1.807, 2.05) is 0 Å². The van der Waals surface area contributed by atoms with Gasteiger partial charge in [-0.1, -0.05) is 0 Å². The van der Waals surface area contributed by atoms with Crippen LogP contribution in [-0.2, 0) is 19.1 Å². The lowest BCUT2D eigenvalue weighted by Crippen LogP contribution is -2.17. The van der Waals surface area contributed by atoms with Gasteiger partial charge in [-0.15, -0.1) is 0 Å². The van der Waals surface area contributed by atoms with Gasteiger partial charge < -0.3 is 9.47 Å². The van der Waals surface area contributed by atoms with Gasteiger partial charge in [0.05, 0.1) is 13.5 Å². The Labute approximate surface area is 82.6 Å². The molecule has 2 rings (SSSR count). The van der Waals surface area contributed by atoms with Crippen LogP contribution in [0.2, 0.25) is 0 Å². The summed E-state index contributed by atoms with van der Waals surface area (Å²) < 4.78 is 9.76. The Morgan fingerprint density at radius 2 is 2.36 bits per heavy atom. The van der Waals surface area contributed by atoms with Crippen LogP contribution in [0, 0.1) is 11.8 Å². The van der Waals surface area contributed by atoms with E-state index in [0.717, 1.165) is 12.8 Å². The summed E-state index contributed by atoms with van der Waals surface area (Å²) in [5.74, 6) is 0.227. The van der Waals surface area contributed by atoms with E-state index < -0.39 is 0 Å². The average molecular weight is 198 g/mol. The summed E-state index contributed by atoms with van der Waals surface area (Å²) in [5, 5.41) is 0. The van der Waals surface area contributed by atoms with Crippen LogP contribution in [0.3, 0.4) is 0 Å². The van der Waals surface area contributed by atoms with E-state index in [0.29, 0.717) is 12.8 Å². The standard InChI is InChI=1S/C10H14O4/c1-13-9(11)4-6-2-3-8-7(6)5-10(12)14-8/h6-8H,2-5H2,1H3/t6-,7+,8-/m0/s1. The molecule has 1 heterocycles. The Hall–Kier alpha value is -1.06. The van der Waals surface area contributed by atoms with Crippen LogP contribution in [-0.4, -0.2) is 25.2 Å². The van der Waals surface area contributed by atoms with Crippen molar-refractivity contribution in [2.45, 2.75) is 31.8 Å². The minimum absolute atomic E-state index is 0.0668. The zero-order valence-corrected chi connectivity index (χ0v) is 8.19. The Kier molecular flexibility index (Phi) is 2.44. The highest BCUT2D eigenvalue weighted by Crippen LogP contribution is 2.42. The predicted octanol–water partition coefficient (Wildman–Crippen LogP) is 0.891. The number of esters is 2. The highest BCUT2D eigenvalue weighted by molar-refractivity contribution is 5.73. The van der Waals surface area contributed by atoms with Crippen LogP contribution >= 0.6 is 0 Å². The molecule has 0 aromatic heterocycles. The smallest absolute Gasteiger partial charge is 0.306 e.